The van der Waals surface area contributed by atoms with E-state index >= 15 is 0 Å². The average molecular weight is 233 g/mol. The summed E-state index contributed by atoms with van der Waals surface area (Å²) in [5.41, 5.74) is 0. The van der Waals surface area contributed by atoms with Crippen LogP contribution < -0.4 is 5.32 Å². The van der Waals surface area contributed by atoms with Gasteiger partial charge in [-0.1, -0.05) is 27.2 Å². The van der Waals surface area contributed by atoms with Crippen molar-refractivity contribution < 1.29 is 4.21 Å². The highest BCUT2D eigenvalue weighted by Gasteiger charge is 2.15. The first-order valence-electron chi connectivity index (χ1n) is 6.08. The third-order valence-electron chi connectivity index (χ3n) is 3.10. The first-order valence-corrected chi connectivity index (χ1v) is 7.70. The van der Waals surface area contributed by atoms with Crippen molar-refractivity contribution in [2.45, 2.75) is 58.2 Å². The van der Waals surface area contributed by atoms with Gasteiger partial charge in [0.25, 0.3) is 0 Å². The standard InChI is InChI=1S/C12H27NOS/c1-6-8-10(3)12(7-2)13-9-11(4)15(5)14/h10-13H,6-9H2,1-5H3. The summed E-state index contributed by atoms with van der Waals surface area (Å²) >= 11 is 0. The minimum Gasteiger partial charge on any atom is -0.313 e. The maximum Gasteiger partial charge on any atom is 0.0441 e. The Morgan fingerprint density at radius 1 is 1.27 bits per heavy atom. The molecular weight excluding hydrogens is 206 g/mol. The summed E-state index contributed by atoms with van der Waals surface area (Å²) in [6, 6.07) is 0.580. The molecule has 0 rings (SSSR count). The smallest absolute Gasteiger partial charge is 0.0441 e. The van der Waals surface area contributed by atoms with Crippen LogP contribution in [0.2, 0.25) is 0 Å². The van der Waals surface area contributed by atoms with Gasteiger partial charge in [0.15, 0.2) is 0 Å². The van der Waals surface area contributed by atoms with Crippen molar-refractivity contribution in [3.63, 3.8) is 0 Å². The fraction of sp³-hybridized carbons (Fsp3) is 1.00. The molecule has 2 nitrogen and oxygen atoms in total. The molecule has 0 amide bonds. The van der Waals surface area contributed by atoms with Crippen LogP contribution in [-0.4, -0.2) is 28.3 Å². The Morgan fingerprint density at radius 3 is 2.27 bits per heavy atom. The molecule has 0 aliphatic carbocycles. The van der Waals surface area contributed by atoms with E-state index < -0.39 is 10.8 Å². The number of nitrogens with one attached hydrogen (secondary N) is 1. The van der Waals surface area contributed by atoms with Crippen LogP contribution in [0.4, 0.5) is 0 Å². The van der Waals surface area contributed by atoms with Gasteiger partial charge in [0.2, 0.25) is 0 Å². The first kappa shape index (κ1) is 15.1. The molecule has 0 bridgehead atoms. The zero-order valence-corrected chi connectivity index (χ0v) is 11.7. The molecule has 0 aliphatic heterocycles. The van der Waals surface area contributed by atoms with Gasteiger partial charge in [-0.3, -0.25) is 4.21 Å². The Kier molecular flexibility index (Phi) is 8.34. The van der Waals surface area contributed by atoms with Crippen molar-refractivity contribution in [3.8, 4) is 0 Å². The molecule has 92 valence electrons. The Balaban J connectivity index is 3.93. The molecule has 0 aromatic rings. The van der Waals surface area contributed by atoms with Gasteiger partial charge in [0, 0.05) is 34.9 Å². The molecule has 4 atom stereocenters. The highest BCUT2D eigenvalue weighted by atomic mass is 32.2. The van der Waals surface area contributed by atoms with Crippen LogP contribution in [0, 0.1) is 5.92 Å². The van der Waals surface area contributed by atoms with Crippen molar-refractivity contribution in [2.24, 2.45) is 5.92 Å². The van der Waals surface area contributed by atoms with Crippen molar-refractivity contribution in [3.05, 3.63) is 0 Å². The van der Waals surface area contributed by atoms with Crippen LogP contribution in [0.15, 0.2) is 0 Å². The van der Waals surface area contributed by atoms with Crippen LogP contribution in [0.3, 0.4) is 0 Å². The second-order valence-corrected chi connectivity index (χ2v) is 6.30. The molecule has 1 N–H and O–H groups in total. The molecule has 0 aromatic heterocycles. The molecule has 0 saturated carbocycles. The van der Waals surface area contributed by atoms with E-state index in [0.717, 1.165) is 18.9 Å². The SMILES string of the molecule is CCCC(C)C(CC)NCC(C)S(C)=O. The van der Waals surface area contributed by atoms with Gasteiger partial charge in [-0.05, 0) is 25.7 Å². The fourth-order valence-corrected chi connectivity index (χ4v) is 2.17. The zero-order chi connectivity index (χ0) is 11.8. The van der Waals surface area contributed by atoms with Crippen molar-refractivity contribution in [2.75, 3.05) is 12.8 Å². The van der Waals surface area contributed by atoms with Crippen LogP contribution in [0.1, 0.15) is 47.0 Å². The highest BCUT2D eigenvalue weighted by Crippen LogP contribution is 2.13. The lowest BCUT2D eigenvalue weighted by Crippen LogP contribution is -2.39. The van der Waals surface area contributed by atoms with Gasteiger partial charge < -0.3 is 5.32 Å². The molecule has 0 radical (unpaired) electrons. The van der Waals surface area contributed by atoms with Crippen LogP contribution in [-0.2, 0) is 10.8 Å². The molecule has 0 spiro atoms. The number of hydrogen-bond acceptors (Lipinski definition) is 2. The van der Waals surface area contributed by atoms with E-state index in [0.29, 0.717) is 6.04 Å². The van der Waals surface area contributed by atoms with E-state index in [2.05, 4.69) is 26.1 Å². The second-order valence-electron chi connectivity index (χ2n) is 4.50. The number of rotatable bonds is 8. The van der Waals surface area contributed by atoms with Gasteiger partial charge in [-0.2, -0.15) is 0 Å². The van der Waals surface area contributed by atoms with E-state index in [-0.39, 0.29) is 5.25 Å². The predicted molar refractivity (Wildman–Crippen MR) is 69.7 cm³/mol. The lowest BCUT2D eigenvalue weighted by molar-refractivity contribution is 0.347. The summed E-state index contributed by atoms with van der Waals surface area (Å²) in [7, 11) is -0.708. The lowest BCUT2D eigenvalue weighted by atomic mass is 9.95. The van der Waals surface area contributed by atoms with Gasteiger partial charge in [-0.15, -0.1) is 0 Å². The highest BCUT2D eigenvalue weighted by molar-refractivity contribution is 7.84. The maximum absolute atomic E-state index is 11.2. The summed E-state index contributed by atoms with van der Waals surface area (Å²) in [6.07, 6.45) is 5.46. The molecule has 3 heteroatoms. The Labute approximate surface area is 97.7 Å². The minimum absolute atomic E-state index is 0.257. The molecule has 0 fully saturated rings. The summed E-state index contributed by atoms with van der Waals surface area (Å²) < 4.78 is 11.2. The Morgan fingerprint density at radius 2 is 1.87 bits per heavy atom. The molecular formula is C12H27NOS. The lowest BCUT2D eigenvalue weighted by Gasteiger charge is -2.25. The third kappa shape index (κ3) is 6.31. The minimum atomic E-state index is -0.708. The van der Waals surface area contributed by atoms with Gasteiger partial charge in [0.05, 0.1) is 0 Å². The van der Waals surface area contributed by atoms with Crippen molar-refractivity contribution in [1.82, 2.24) is 5.32 Å². The van der Waals surface area contributed by atoms with E-state index in [1.54, 1.807) is 6.26 Å². The second kappa shape index (κ2) is 8.28. The summed E-state index contributed by atoms with van der Waals surface area (Å²) in [5.74, 6) is 0.720. The molecule has 0 heterocycles. The molecule has 4 unspecified atom stereocenters. The largest absolute Gasteiger partial charge is 0.313 e. The number of hydrogen-bond donors (Lipinski definition) is 1. The summed E-state index contributed by atoms with van der Waals surface area (Å²) in [4.78, 5) is 0. The van der Waals surface area contributed by atoms with E-state index in [1.807, 2.05) is 6.92 Å². The maximum atomic E-state index is 11.2. The normalized spacial score (nSPS) is 19.5. The summed E-state index contributed by atoms with van der Waals surface area (Å²) in [6.45, 7) is 9.67. The topological polar surface area (TPSA) is 29.1 Å². The van der Waals surface area contributed by atoms with Crippen LogP contribution in [0.5, 0.6) is 0 Å². The first-order chi connectivity index (χ1) is 7.02. The Hall–Kier alpha value is 0.110. The van der Waals surface area contributed by atoms with Gasteiger partial charge >= 0.3 is 0 Å². The zero-order valence-electron chi connectivity index (χ0n) is 10.9. The average Bonchev–Trinajstić information content (AvgIpc) is 2.18. The van der Waals surface area contributed by atoms with Crippen molar-refractivity contribution >= 4 is 10.8 Å². The van der Waals surface area contributed by atoms with Gasteiger partial charge in [-0.25, -0.2) is 0 Å². The quantitative estimate of drug-likeness (QED) is 0.698. The monoisotopic (exact) mass is 233 g/mol. The third-order valence-corrected chi connectivity index (χ3v) is 4.40. The molecule has 0 saturated heterocycles. The van der Waals surface area contributed by atoms with E-state index in [9.17, 15) is 4.21 Å². The fourth-order valence-electron chi connectivity index (χ4n) is 1.84. The van der Waals surface area contributed by atoms with E-state index in [1.165, 1.54) is 12.8 Å². The van der Waals surface area contributed by atoms with Crippen molar-refractivity contribution in [1.29, 1.82) is 0 Å². The summed E-state index contributed by atoms with van der Waals surface area (Å²) in [5, 5.41) is 3.80. The predicted octanol–water partition coefficient (Wildman–Crippen LogP) is 2.56. The molecule has 0 aromatic carbocycles. The van der Waals surface area contributed by atoms with Crippen LogP contribution in [0.25, 0.3) is 0 Å². The van der Waals surface area contributed by atoms with E-state index in [4.69, 9.17) is 0 Å². The van der Waals surface area contributed by atoms with Crippen LogP contribution >= 0.6 is 0 Å². The van der Waals surface area contributed by atoms with Gasteiger partial charge in [0.1, 0.15) is 0 Å². The Bertz CT molecular complexity index is 184. The molecule has 0 aliphatic rings. The molecule has 15 heavy (non-hydrogen) atoms.